The van der Waals surface area contributed by atoms with Crippen molar-refractivity contribution in [3.05, 3.63) is 48.3 Å². The van der Waals surface area contributed by atoms with Crippen molar-refractivity contribution in [1.29, 1.82) is 0 Å². The molecule has 0 heterocycles. The Morgan fingerprint density at radius 1 is 1.62 bits per heavy atom. The molecule has 4 heteroatoms. The molecule has 16 heavy (non-hydrogen) atoms. The zero-order valence-corrected chi connectivity index (χ0v) is 8.95. The number of hydrogen-bond acceptors (Lipinski definition) is 2. The summed E-state index contributed by atoms with van der Waals surface area (Å²) >= 11 is 0. The molecule has 3 nitrogen and oxygen atoms in total. The zero-order valence-electron chi connectivity index (χ0n) is 8.95. The van der Waals surface area contributed by atoms with E-state index in [0.29, 0.717) is 12.0 Å². The van der Waals surface area contributed by atoms with Crippen molar-refractivity contribution in [2.45, 2.75) is 19.0 Å². The number of nitrogens with two attached hydrogens (primary N) is 1. The van der Waals surface area contributed by atoms with Crippen molar-refractivity contribution in [2.75, 3.05) is 0 Å². The highest BCUT2D eigenvalue weighted by molar-refractivity contribution is 5.81. The second-order valence-electron chi connectivity index (χ2n) is 3.48. The Hall–Kier alpha value is -1.68. The van der Waals surface area contributed by atoms with Crippen molar-refractivity contribution in [2.24, 2.45) is 5.73 Å². The SMILES string of the molecule is C=CCC(N)C(=O)NCc1cccc(F)c1. The molecule has 0 aromatic heterocycles. The Morgan fingerprint density at radius 2 is 2.38 bits per heavy atom. The summed E-state index contributed by atoms with van der Waals surface area (Å²) in [7, 11) is 0. The largest absolute Gasteiger partial charge is 0.351 e. The average molecular weight is 222 g/mol. The number of carbonyl (C=O) groups excluding carboxylic acids is 1. The molecule has 0 aliphatic rings. The van der Waals surface area contributed by atoms with E-state index >= 15 is 0 Å². The van der Waals surface area contributed by atoms with E-state index in [1.165, 1.54) is 12.1 Å². The van der Waals surface area contributed by atoms with Crippen molar-refractivity contribution < 1.29 is 9.18 Å². The van der Waals surface area contributed by atoms with Crippen LogP contribution < -0.4 is 11.1 Å². The molecule has 1 aromatic rings. The Bertz CT molecular complexity index is 379. The summed E-state index contributed by atoms with van der Waals surface area (Å²) in [5.41, 5.74) is 6.27. The van der Waals surface area contributed by atoms with Gasteiger partial charge in [-0.25, -0.2) is 4.39 Å². The highest BCUT2D eigenvalue weighted by Crippen LogP contribution is 2.03. The molecule has 0 spiro atoms. The third-order valence-corrected chi connectivity index (χ3v) is 2.11. The third-order valence-electron chi connectivity index (χ3n) is 2.11. The van der Waals surface area contributed by atoms with Crippen LogP contribution in [0.4, 0.5) is 4.39 Å². The Balaban J connectivity index is 2.45. The van der Waals surface area contributed by atoms with E-state index in [9.17, 15) is 9.18 Å². The molecule has 1 atom stereocenters. The Labute approximate surface area is 94.1 Å². The first-order chi connectivity index (χ1) is 7.63. The molecule has 1 unspecified atom stereocenters. The van der Waals surface area contributed by atoms with Gasteiger partial charge in [0.1, 0.15) is 5.82 Å². The van der Waals surface area contributed by atoms with E-state index in [1.807, 2.05) is 0 Å². The normalized spacial score (nSPS) is 11.9. The molecule has 1 amide bonds. The first-order valence-electron chi connectivity index (χ1n) is 5.02. The summed E-state index contributed by atoms with van der Waals surface area (Å²) in [5.74, 6) is -0.577. The van der Waals surface area contributed by atoms with Gasteiger partial charge in [-0.3, -0.25) is 4.79 Å². The van der Waals surface area contributed by atoms with E-state index in [1.54, 1.807) is 18.2 Å². The molecule has 0 saturated carbocycles. The predicted molar refractivity (Wildman–Crippen MR) is 61.0 cm³/mol. The smallest absolute Gasteiger partial charge is 0.237 e. The molecule has 0 fully saturated rings. The number of amides is 1. The van der Waals surface area contributed by atoms with Gasteiger partial charge in [0.25, 0.3) is 0 Å². The fraction of sp³-hybridized carbons (Fsp3) is 0.250. The van der Waals surface area contributed by atoms with Crippen LogP contribution in [0.3, 0.4) is 0 Å². The summed E-state index contributed by atoms with van der Waals surface area (Å²) in [6.07, 6.45) is 2.02. The Morgan fingerprint density at radius 3 is 3.00 bits per heavy atom. The molecule has 0 radical (unpaired) electrons. The number of nitrogens with one attached hydrogen (secondary N) is 1. The van der Waals surface area contributed by atoms with Crippen LogP contribution in [0.5, 0.6) is 0 Å². The van der Waals surface area contributed by atoms with Gasteiger partial charge in [-0.1, -0.05) is 18.2 Å². The van der Waals surface area contributed by atoms with E-state index in [0.717, 1.165) is 0 Å². The summed E-state index contributed by atoms with van der Waals surface area (Å²) in [6, 6.07) is 5.47. The van der Waals surface area contributed by atoms with E-state index in [2.05, 4.69) is 11.9 Å². The van der Waals surface area contributed by atoms with E-state index < -0.39 is 6.04 Å². The quantitative estimate of drug-likeness (QED) is 0.739. The zero-order chi connectivity index (χ0) is 12.0. The number of hydrogen-bond donors (Lipinski definition) is 2. The third kappa shape index (κ3) is 3.82. The number of benzene rings is 1. The van der Waals surface area contributed by atoms with Gasteiger partial charge in [-0.05, 0) is 24.1 Å². The van der Waals surface area contributed by atoms with Crippen molar-refractivity contribution in [3.8, 4) is 0 Å². The average Bonchev–Trinajstić information content (AvgIpc) is 2.26. The summed E-state index contributed by atoms with van der Waals surface area (Å²) in [4.78, 5) is 11.4. The van der Waals surface area contributed by atoms with Gasteiger partial charge in [0.15, 0.2) is 0 Å². The molecule has 0 aliphatic heterocycles. The Kier molecular flexibility index (Phi) is 4.66. The van der Waals surface area contributed by atoms with E-state index in [4.69, 9.17) is 5.73 Å². The number of carbonyl (C=O) groups is 1. The molecular weight excluding hydrogens is 207 g/mol. The van der Waals surface area contributed by atoms with Gasteiger partial charge in [-0.2, -0.15) is 0 Å². The summed E-state index contributed by atoms with van der Waals surface area (Å²) in [5, 5.41) is 2.63. The highest BCUT2D eigenvalue weighted by atomic mass is 19.1. The molecule has 0 aliphatic carbocycles. The second kappa shape index (κ2) is 6.02. The number of rotatable bonds is 5. The minimum absolute atomic E-state index is 0.260. The lowest BCUT2D eigenvalue weighted by Crippen LogP contribution is -2.39. The minimum atomic E-state index is -0.592. The van der Waals surface area contributed by atoms with Crippen LogP contribution in [-0.4, -0.2) is 11.9 Å². The topological polar surface area (TPSA) is 55.1 Å². The van der Waals surface area contributed by atoms with Crippen LogP contribution in [0.1, 0.15) is 12.0 Å². The summed E-state index contributed by atoms with van der Waals surface area (Å²) in [6.45, 7) is 3.78. The van der Waals surface area contributed by atoms with Crippen molar-refractivity contribution >= 4 is 5.91 Å². The van der Waals surface area contributed by atoms with Crippen molar-refractivity contribution in [3.63, 3.8) is 0 Å². The minimum Gasteiger partial charge on any atom is -0.351 e. The first kappa shape index (κ1) is 12.4. The van der Waals surface area contributed by atoms with Crippen LogP contribution >= 0.6 is 0 Å². The van der Waals surface area contributed by atoms with Crippen molar-refractivity contribution in [1.82, 2.24) is 5.32 Å². The van der Waals surface area contributed by atoms with E-state index in [-0.39, 0.29) is 18.3 Å². The monoisotopic (exact) mass is 222 g/mol. The number of halogens is 1. The highest BCUT2D eigenvalue weighted by Gasteiger charge is 2.10. The standard InChI is InChI=1S/C12H15FN2O/c1-2-4-11(14)12(16)15-8-9-5-3-6-10(13)7-9/h2-3,5-7,11H,1,4,8,14H2,(H,15,16). The molecule has 86 valence electrons. The van der Waals surface area contributed by atoms with Crippen LogP contribution in [0.25, 0.3) is 0 Å². The molecule has 3 N–H and O–H groups in total. The predicted octanol–water partition coefficient (Wildman–Crippen LogP) is 1.35. The fourth-order valence-corrected chi connectivity index (χ4v) is 1.25. The maximum Gasteiger partial charge on any atom is 0.237 e. The fourth-order valence-electron chi connectivity index (χ4n) is 1.25. The van der Waals surface area contributed by atoms with Gasteiger partial charge < -0.3 is 11.1 Å². The van der Waals surface area contributed by atoms with Gasteiger partial charge in [0.2, 0.25) is 5.91 Å². The first-order valence-corrected chi connectivity index (χ1v) is 5.02. The molecular formula is C12H15FN2O. The molecule has 0 saturated heterocycles. The van der Waals surface area contributed by atoms with Crippen LogP contribution in [0.15, 0.2) is 36.9 Å². The van der Waals surface area contributed by atoms with Gasteiger partial charge >= 0.3 is 0 Å². The molecule has 0 bridgehead atoms. The lowest BCUT2D eigenvalue weighted by atomic mass is 10.2. The molecule has 1 aromatic carbocycles. The van der Waals surface area contributed by atoms with Crippen LogP contribution in [0.2, 0.25) is 0 Å². The molecule has 1 rings (SSSR count). The van der Waals surface area contributed by atoms with Gasteiger partial charge in [-0.15, -0.1) is 6.58 Å². The van der Waals surface area contributed by atoms with Crippen LogP contribution in [-0.2, 0) is 11.3 Å². The lowest BCUT2D eigenvalue weighted by molar-refractivity contribution is -0.122. The van der Waals surface area contributed by atoms with Gasteiger partial charge in [0, 0.05) is 6.54 Å². The lowest BCUT2D eigenvalue weighted by Gasteiger charge is -2.10. The van der Waals surface area contributed by atoms with Crippen LogP contribution in [0, 0.1) is 5.82 Å². The maximum atomic E-state index is 12.8. The summed E-state index contributed by atoms with van der Waals surface area (Å²) < 4.78 is 12.8. The maximum absolute atomic E-state index is 12.8. The second-order valence-corrected chi connectivity index (χ2v) is 3.48. The van der Waals surface area contributed by atoms with Gasteiger partial charge in [0.05, 0.1) is 6.04 Å².